The largest absolute Gasteiger partial charge is 0.384 e. The van der Waals surface area contributed by atoms with Gasteiger partial charge in [0.1, 0.15) is 6.61 Å². The first-order chi connectivity index (χ1) is 6.92. The van der Waals surface area contributed by atoms with E-state index in [1.165, 1.54) is 0 Å². The zero-order valence-corrected chi connectivity index (χ0v) is 7.57. The molecule has 0 aliphatic rings. The van der Waals surface area contributed by atoms with Gasteiger partial charge in [0.15, 0.2) is 0 Å². The lowest BCUT2D eigenvalue weighted by atomic mass is 10.1. The summed E-state index contributed by atoms with van der Waals surface area (Å²) in [6.45, 7) is -0.114. The van der Waals surface area contributed by atoms with Gasteiger partial charge in [-0.3, -0.25) is 4.98 Å². The smallest absolute Gasteiger partial charge is 0.104 e. The number of fused-ring (bicyclic) bond motifs is 1. The van der Waals surface area contributed by atoms with Crippen LogP contribution in [-0.2, 0) is 0 Å². The molecule has 2 nitrogen and oxygen atoms in total. The summed E-state index contributed by atoms with van der Waals surface area (Å²) in [5.74, 6) is 5.53. The number of benzene rings is 1. The van der Waals surface area contributed by atoms with Crippen molar-refractivity contribution < 1.29 is 5.11 Å². The van der Waals surface area contributed by atoms with Crippen LogP contribution < -0.4 is 0 Å². The van der Waals surface area contributed by atoms with Gasteiger partial charge in [-0.2, -0.15) is 0 Å². The molecule has 2 heteroatoms. The molecule has 1 aromatic heterocycles. The summed E-state index contributed by atoms with van der Waals surface area (Å²) in [6.07, 6.45) is 3.54. The van der Waals surface area contributed by atoms with Crippen molar-refractivity contribution in [2.45, 2.75) is 0 Å². The third-order valence-electron chi connectivity index (χ3n) is 1.99. The second-order valence-electron chi connectivity index (χ2n) is 2.86. The van der Waals surface area contributed by atoms with Crippen LogP contribution in [0.15, 0.2) is 36.7 Å². The van der Waals surface area contributed by atoms with E-state index < -0.39 is 0 Å². The first-order valence-electron chi connectivity index (χ1n) is 4.34. The molecule has 68 valence electrons. The highest BCUT2D eigenvalue weighted by atomic mass is 16.2. The van der Waals surface area contributed by atoms with Crippen LogP contribution in [0.5, 0.6) is 0 Å². The van der Waals surface area contributed by atoms with E-state index in [9.17, 15) is 0 Å². The molecule has 0 aliphatic heterocycles. The normalized spacial score (nSPS) is 9.50. The first kappa shape index (κ1) is 8.74. The van der Waals surface area contributed by atoms with Crippen LogP contribution >= 0.6 is 0 Å². The Morgan fingerprint density at radius 1 is 1.29 bits per heavy atom. The van der Waals surface area contributed by atoms with Gasteiger partial charge in [0.05, 0.1) is 0 Å². The average Bonchev–Trinajstić information content (AvgIpc) is 2.26. The molecule has 14 heavy (non-hydrogen) atoms. The molecule has 0 radical (unpaired) electrons. The molecule has 2 rings (SSSR count). The van der Waals surface area contributed by atoms with Crippen LogP contribution in [0.25, 0.3) is 10.8 Å². The number of hydrogen-bond acceptors (Lipinski definition) is 2. The highest BCUT2D eigenvalue weighted by Gasteiger charge is 1.96. The molecule has 0 fully saturated rings. The Morgan fingerprint density at radius 2 is 2.21 bits per heavy atom. The van der Waals surface area contributed by atoms with Crippen LogP contribution in [0.3, 0.4) is 0 Å². The third kappa shape index (κ3) is 1.59. The van der Waals surface area contributed by atoms with Gasteiger partial charge in [0, 0.05) is 23.3 Å². The lowest BCUT2D eigenvalue weighted by Gasteiger charge is -1.98. The quantitative estimate of drug-likeness (QED) is 0.629. The minimum absolute atomic E-state index is 0.114. The van der Waals surface area contributed by atoms with Crippen molar-refractivity contribution in [2.75, 3.05) is 6.61 Å². The molecule has 2 aromatic rings. The maximum absolute atomic E-state index is 8.61. The standard InChI is InChI=1S/C12H9NO/c14-8-2-5-10-3-1-4-11-6-7-13-9-12(10)11/h1,3-4,6-7,9,14H,8H2. The van der Waals surface area contributed by atoms with Crippen molar-refractivity contribution in [3.8, 4) is 11.8 Å². The van der Waals surface area contributed by atoms with Crippen molar-refractivity contribution in [1.29, 1.82) is 0 Å². The number of pyridine rings is 1. The predicted octanol–water partition coefficient (Wildman–Crippen LogP) is 1.58. The molecule has 1 heterocycles. The fourth-order valence-electron chi connectivity index (χ4n) is 1.36. The number of aliphatic hydroxyl groups is 1. The average molecular weight is 183 g/mol. The van der Waals surface area contributed by atoms with Gasteiger partial charge >= 0.3 is 0 Å². The molecule has 0 spiro atoms. The van der Waals surface area contributed by atoms with E-state index >= 15 is 0 Å². The van der Waals surface area contributed by atoms with Gasteiger partial charge in [-0.25, -0.2) is 0 Å². The first-order valence-corrected chi connectivity index (χ1v) is 4.34. The van der Waals surface area contributed by atoms with Crippen LogP contribution in [0, 0.1) is 11.8 Å². The van der Waals surface area contributed by atoms with E-state index in [-0.39, 0.29) is 6.61 Å². The molecule has 0 aliphatic carbocycles. The molecular formula is C12H9NO. The third-order valence-corrected chi connectivity index (χ3v) is 1.99. The van der Waals surface area contributed by atoms with Crippen LogP contribution in [0.2, 0.25) is 0 Å². The van der Waals surface area contributed by atoms with E-state index in [1.54, 1.807) is 12.4 Å². The minimum Gasteiger partial charge on any atom is -0.384 e. The summed E-state index contributed by atoms with van der Waals surface area (Å²) >= 11 is 0. The number of nitrogens with zero attached hydrogens (tertiary/aromatic N) is 1. The summed E-state index contributed by atoms with van der Waals surface area (Å²) in [7, 11) is 0. The maximum Gasteiger partial charge on any atom is 0.104 e. The number of aliphatic hydroxyl groups excluding tert-OH is 1. The van der Waals surface area contributed by atoms with Gasteiger partial charge in [0.2, 0.25) is 0 Å². The van der Waals surface area contributed by atoms with Crippen molar-refractivity contribution >= 4 is 10.8 Å². The molecule has 0 atom stereocenters. The number of aromatic nitrogens is 1. The number of hydrogen-bond donors (Lipinski definition) is 1. The lowest BCUT2D eigenvalue weighted by Crippen LogP contribution is -1.81. The van der Waals surface area contributed by atoms with Crippen LogP contribution in [0.4, 0.5) is 0 Å². The monoisotopic (exact) mass is 183 g/mol. The Balaban J connectivity index is 2.65. The molecule has 0 saturated heterocycles. The molecule has 0 unspecified atom stereocenters. The second-order valence-corrected chi connectivity index (χ2v) is 2.86. The molecule has 0 bridgehead atoms. The van der Waals surface area contributed by atoms with E-state index in [2.05, 4.69) is 16.8 Å². The van der Waals surface area contributed by atoms with Crippen LogP contribution in [0.1, 0.15) is 5.56 Å². The van der Waals surface area contributed by atoms with Gasteiger partial charge in [0.25, 0.3) is 0 Å². The fraction of sp³-hybridized carbons (Fsp3) is 0.0833. The Kier molecular flexibility index (Phi) is 2.44. The van der Waals surface area contributed by atoms with Crippen LogP contribution in [-0.4, -0.2) is 16.7 Å². The van der Waals surface area contributed by atoms with Gasteiger partial charge < -0.3 is 5.11 Å². The summed E-state index contributed by atoms with van der Waals surface area (Å²) < 4.78 is 0. The van der Waals surface area contributed by atoms with E-state index in [4.69, 9.17) is 5.11 Å². The number of rotatable bonds is 0. The zero-order chi connectivity index (χ0) is 9.80. The van der Waals surface area contributed by atoms with Crippen molar-refractivity contribution in [3.63, 3.8) is 0 Å². The molecule has 1 aromatic carbocycles. The molecular weight excluding hydrogens is 174 g/mol. The van der Waals surface area contributed by atoms with E-state index in [0.717, 1.165) is 16.3 Å². The Labute approximate surface area is 82.2 Å². The lowest BCUT2D eigenvalue weighted by molar-refractivity contribution is 0.350. The summed E-state index contributed by atoms with van der Waals surface area (Å²) in [5, 5.41) is 10.7. The van der Waals surface area contributed by atoms with Gasteiger partial charge in [-0.1, -0.05) is 24.0 Å². The maximum atomic E-state index is 8.61. The van der Waals surface area contributed by atoms with E-state index in [0.29, 0.717) is 0 Å². The fourth-order valence-corrected chi connectivity index (χ4v) is 1.36. The predicted molar refractivity (Wildman–Crippen MR) is 55.7 cm³/mol. The van der Waals surface area contributed by atoms with E-state index in [1.807, 2.05) is 24.3 Å². The molecule has 1 N–H and O–H groups in total. The Bertz CT molecular complexity index is 503. The summed E-state index contributed by atoms with van der Waals surface area (Å²) in [6, 6.07) is 7.83. The van der Waals surface area contributed by atoms with Crippen molar-refractivity contribution in [3.05, 3.63) is 42.2 Å². The zero-order valence-electron chi connectivity index (χ0n) is 7.57. The summed E-state index contributed by atoms with van der Waals surface area (Å²) in [5.41, 5.74) is 0.907. The Hall–Kier alpha value is -1.85. The highest BCUT2D eigenvalue weighted by Crippen LogP contribution is 2.15. The molecule has 0 saturated carbocycles. The summed E-state index contributed by atoms with van der Waals surface area (Å²) in [4.78, 5) is 4.05. The van der Waals surface area contributed by atoms with Crippen molar-refractivity contribution in [1.82, 2.24) is 4.98 Å². The van der Waals surface area contributed by atoms with Crippen molar-refractivity contribution in [2.24, 2.45) is 0 Å². The second kappa shape index (κ2) is 3.91. The molecule has 0 amide bonds. The highest BCUT2D eigenvalue weighted by molar-refractivity contribution is 5.87. The van der Waals surface area contributed by atoms with Gasteiger partial charge in [-0.05, 0) is 17.5 Å². The minimum atomic E-state index is -0.114. The topological polar surface area (TPSA) is 33.1 Å². The van der Waals surface area contributed by atoms with Gasteiger partial charge in [-0.15, -0.1) is 0 Å². The Morgan fingerprint density at radius 3 is 3.07 bits per heavy atom. The SMILES string of the molecule is OCC#Cc1cccc2ccncc12.